The summed E-state index contributed by atoms with van der Waals surface area (Å²) in [6, 6.07) is 0. The number of carbonyl (C=O) groups is 2. The second-order valence-electron chi connectivity index (χ2n) is 6.02. The van der Waals surface area contributed by atoms with Crippen LogP contribution in [0, 0.1) is 11.3 Å². The van der Waals surface area contributed by atoms with Crippen LogP contribution in [0.5, 0.6) is 0 Å². The summed E-state index contributed by atoms with van der Waals surface area (Å²) < 4.78 is 10.6. The second kappa shape index (κ2) is 5.98. The molecule has 1 saturated carbocycles. The van der Waals surface area contributed by atoms with Crippen LogP contribution in [0.15, 0.2) is 11.6 Å². The van der Waals surface area contributed by atoms with Crippen molar-refractivity contribution in [3.05, 3.63) is 11.6 Å². The lowest BCUT2D eigenvalue weighted by atomic mass is 9.64. The summed E-state index contributed by atoms with van der Waals surface area (Å²) in [5, 5.41) is 0. The van der Waals surface area contributed by atoms with Gasteiger partial charge in [-0.05, 0) is 44.6 Å². The molecule has 0 aromatic carbocycles. The standard InChI is InChI=1S/C16H24O4/c1-4-19-15(18)14-11(2)9-13(20-12(3)17)10-16(14)7-5-6-8-16/h9,13-14H,4-8,10H2,1-3H3. The SMILES string of the molecule is CCOC(=O)C1C(C)=CC(OC(C)=O)CC12CCCC2. The van der Waals surface area contributed by atoms with Crippen LogP contribution in [0.4, 0.5) is 0 Å². The average molecular weight is 280 g/mol. The summed E-state index contributed by atoms with van der Waals surface area (Å²) in [5.41, 5.74) is 0.911. The van der Waals surface area contributed by atoms with E-state index in [-0.39, 0.29) is 29.4 Å². The summed E-state index contributed by atoms with van der Waals surface area (Å²) in [6.45, 7) is 5.63. The van der Waals surface area contributed by atoms with Crippen LogP contribution in [0.1, 0.15) is 52.9 Å². The second-order valence-corrected chi connectivity index (χ2v) is 6.02. The molecule has 0 radical (unpaired) electrons. The number of rotatable bonds is 3. The largest absolute Gasteiger partial charge is 0.466 e. The lowest BCUT2D eigenvalue weighted by molar-refractivity contribution is -0.154. The van der Waals surface area contributed by atoms with Gasteiger partial charge in [-0.15, -0.1) is 0 Å². The van der Waals surface area contributed by atoms with Crippen LogP contribution in [0.25, 0.3) is 0 Å². The Morgan fingerprint density at radius 1 is 1.35 bits per heavy atom. The van der Waals surface area contributed by atoms with Gasteiger partial charge >= 0.3 is 11.9 Å². The summed E-state index contributed by atoms with van der Waals surface area (Å²) in [7, 11) is 0. The van der Waals surface area contributed by atoms with Gasteiger partial charge in [0.2, 0.25) is 0 Å². The number of hydrogen-bond acceptors (Lipinski definition) is 4. The van der Waals surface area contributed by atoms with Crippen molar-refractivity contribution in [2.75, 3.05) is 6.61 Å². The van der Waals surface area contributed by atoms with Crippen LogP contribution in [0.2, 0.25) is 0 Å². The molecule has 2 aliphatic carbocycles. The van der Waals surface area contributed by atoms with Crippen LogP contribution < -0.4 is 0 Å². The first kappa shape index (κ1) is 15.1. The predicted octanol–water partition coefficient (Wildman–Crippen LogP) is 3.01. The Morgan fingerprint density at radius 2 is 2.00 bits per heavy atom. The topological polar surface area (TPSA) is 52.6 Å². The van der Waals surface area contributed by atoms with E-state index in [9.17, 15) is 9.59 Å². The van der Waals surface area contributed by atoms with Gasteiger partial charge in [0.05, 0.1) is 12.5 Å². The van der Waals surface area contributed by atoms with E-state index in [2.05, 4.69) is 0 Å². The molecule has 0 aromatic rings. The first-order valence-corrected chi connectivity index (χ1v) is 7.50. The van der Waals surface area contributed by atoms with Gasteiger partial charge in [0.15, 0.2) is 0 Å². The molecule has 112 valence electrons. The average Bonchev–Trinajstić information content (AvgIpc) is 2.76. The van der Waals surface area contributed by atoms with E-state index in [1.165, 1.54) is 6.92 Å². The van der Waals surface area contributed by atoms with E-state index in [0.717, 1.165) is 37.7 Å². The third kappa shape index (κ3) is 2.89. The number of ether oxygens (including phenoxy) is 2. The molecule has 2 aliphatic rings. The summed E-state index contributed by atoms with van der Waals surface area (Å²) in [4.78, 5) is 23.5. The Labute approximate surface area is 120 Å². The minimum atomic E-state index is -0.262. The molecular formula is C16H24O4. The molecule has 20 heavy (non-hydrogen) atoms. The maximum atomic E-state index is 12.3. The van der Waals surface area contributed by atoms with E-state index < -0.39 is 0 Å². The molecule has 0 N–H and O–H groups in total. The molecule has 0 amide bonds. The maximum Gasteiger partial charge on any atom is 0.313 e. The van der Waals surface area contributed by atoms with Gasteiger partial charge in [-0.2, -0.15) is 0 Å². The van der Waals surface area contributed by atoms with E-state index in [4.69, 9.17) is 9.47 Å². The van der Waals surface area contributed by atoms with Gasteiger partial charge in [0.1, 0.15) is 6.10 Å². The highest BCUT2D eigenvalue weighted by molar-refractivity contribution is 5.77. The zero-order valence-corrected chi connectivity index (χ0v) is 12.6. The highest BCUT2D eigenvalue weighted by atomic mass is 16.5. The van der Waals surface area contributed by atoms with Gasteiger partial charge in [-0.1, -0.05) is 18.4 Å². The van der Waals surface area contributed by atoms with Crippen molar-refractivity contribution in [3.8, 4) is 0 Å². The van der Waals surface area contributed by atoms with Crippen LogP contribution >= 0.6 is 0 Å². The highest BCUT2D eigenvalue weighted by Gasteiger charge is 2.50. The molecule has 0 heterocycles. The van der Waals surface area contributed by atoms with Crippen LogP contribution in [0.3, 0.4) is 0 Å². The molecule has 0 aromatic heterocycles. The molecule has 1 spiro atoms. The summed E-state index contributed by atoms with van der Waals surface area (Å²) in [6.07, 6.45) is 6.77. The molecule has 4 nitrogen and oxygen atoms in total. The fraction of sp³-hybridized carbons (Fsp3) is 0.750. The number of esters is 2. The van der Waals surface area contributed by atoms with Gasteiger partial charge in [0, 0.05) is 6.92 Å². The highest BCUT2D eigenvalue weighted by Crippen LogP contribution is 2.53. The summed E-state index contributed by atoms with van der Waals surface area (Å²) in [5.74, 6) is -0.553. The fourth-order valence-corrected chi connectivity index (χ4v) is 3.97. The van der Waals surface area contributed by atoms with Crippen molar-refractivity contribution in [2.45, 2.75) is 59.0 Å². The quantitative estimate of drug-likeness (QED) is 0.589. The molecule has 4 heteroatoms. The van der Waals surface area contributed by atoms with Crippen molar-refractivity contribution < 1.29 is 19.1 Å². The number of carbonyl (C=O) groups excluding carboxylic acids is 2. The maximum absolute atomic E-state index is 12.3. The van der Waals surface area contributed by atoms with Gasteiger partial charge in [-0.25, -0.2) is 0 Å². The smallest absolute Gasteiger partial charge is 0.313 e. The molecule has 0 aliphatic heterocycles. The fourth-order valence-electron chi connectivity index (χ4n) is 3.97. The molecular weight excluding hydrogens is 256 g/mol. The molecule has 0 bridgehead atoms. The van der Waals surface area contributed by atoms with Crippen LogP contribution in [-0.4, -0.2) is 24.6 Å². The van der Waals surface area contributed by atoms with E-state index in [1.54, 1.807) is 0 Å². The minimum absolute atomic E-state index is 0.0782. The van der Waals surface area contributed by atoms with Gasteiger partial charge in [0.25, 0.3) is 0 Å². The Hall–Kier alpha value is -1.32. The van der Waals surface area contributed by atoms with Crippen molar-refractivity contribution >= 4 is 11.9 Å². The first-order chi connectivity index (χ1) is 9.48. The zero-order chi connectivity index (χ0) is 14.8. The van der Waals surface area contributed by atoms with E-state index in [0.29, 0.717) is 6.61 Å². The molecule has 2 unspecified atom stereocenters. The first-order valence-electron chi connectivity index (χ1n) is 7.50. The molecule has 0 saturated heterocycles. The Kier molecular flexibility index (Phi) is 4.51. The Balaban J connectivity index is 2.28. The lowest BCUT2D eigenvalue weighted by Crippen LogP contribution is -2.42. The van der Waals surface area contributed by atoms with Gasteiger partial charge in [-0.3, -0.25) is 9.59 Å². The van der Waals surface area contributed by atoms with Crippen molar-refractivity contribution in [1.82, 2.24) is 0 Å². The van der Waals surface area contributed by atoms with Gasteiger partial charge < -0.3 is 9.47 Å². The third-order valence-electron chi connectivity index (χ3n) is 4.56. The molecule has 2 rings (SSSR count). The Bertz CT molecular complexity index is 418. The monoisotopic (exact) mass is 280 g/mol. The van der Waals surface area contributed by atoms with Crippen molar-refractivity contribution in [3.63, 3.8) is 0 Å². The van der Waals surface area contributed by atoms with E-state index in [1.807, 2.05) is 19.9 Å². The van der Waals surface area contributed by atoms with E-state index >= 15 is 0 Å². The minimum Gasteiger partial charge on any atom is -0.466 e. The number of hydrogen-bond donors (Lipinski definition) is 0. The van der Waals surface area contributed by atoms with Crippen molar-refractivity contribution in [1.29, 1.82) is 0 Å². The Morgan fingerprint density at radius 3 is 2.55 bits per heavy atom. The molecule has 1 fully saturated rings. The normalized spacial score (nSPS) is 28.1. The van der Waals surface area contributed by atoms with Crippen molar-refractivity contribution in [2.24, 2.45) is 11.3 Å². The lowest BCUT2D eigenvalue weighted by Gasteiger charge is -2.42. The predicted molar refractivity (Wildman–Crippen MR) is 75.0 cm³/mol. The zero-order valence-electron chi connectivity index (χ0n) is 12.6. The molecule has 2 atom stereocenters. The summed E-state index contributed by atoms with van der Waals surface area (Å²) >= 11 is 0. The van der Waals surface area contributed by atoms with Crippen LogP contribution in [-0.2, 0) is 19.1 Å². The third-order valence-corrected chi connectivity index (χ3v) is 4.56.